The molecule has 36 heavy (non-hydrogen) atoms. The zero-order valence-electron chi connectivity index (χ0n) is 19.2. The Bertz CT molecular complexity index is 1370. The summed E-state index contributed by atoms with van der Waals surface area (Å²) in [6, 6.07) is 16.6. The zero-order valence-corrected chi connectivity index (χ0v) is 20.8. The third-order valence-electron chi connectivity index (χ3n) is 5.71. The summed E-state index contributed by atoms with van der Waals surface area (Å²) in [5.41, 5.74) is 1.78. The van der Waals surface area contributed by atoms with E-state index >= 15 is 0 Å². The molecule has 0 bridgehead atoms. The van der Waals surface area contributed by atoms with Crippen LogP contribution >= 0.6 is 23.4 Å². The van der Waals surface area contributed by atoms with E-state index in [1.54, 1.807) is 0 Å². The van der Waals surface area contributed by atoms with Gasteiger partial charge in [-0.15, -0.1) is 10.2 Å². The third-order valence-corrected chi connectivity index (χ3v) is 6.96. The molecule has 184 valence electrons. The van der Waals surface area contributed by atoms with E-state index in [0.717, 1.165) is 24.1 Å². The van der Waals surface area contributed by atoms with Crippen molar-refractivity contribution in [2.75, 3.05) is 6.54 Å². The number of carbonyl (C=O) groups excluding carboxylic acids is 2. The maximum atomic E-state index is 12.6. The number of nitrogens with zero attached hydrogens (tertiary/aromatic N) is 4. The molecule has 9 nitrogen and oxygen atoms in total. The van der Waals surface area contributed by atoms with Crippen LogP contribution in [-0.2, 0) is 10.5 Å². The Morgan fingerprint density at radius 1 is 1.14 bits per heavy atom. The lowest BCUT2D eigenvalue weighted by atomic mass is 10.1. The molecule has 1 unspecified atom stereocenters. The molecule has 4 aromatic rings. The Morgan fingerprint density at radius 2 is 1.94 bits per heavy atom. The van der Waals surface area contributed by atoms with Gasteiger partial charge < -0.3 is 15.1 Å². The lowest BCUT2D eigenvalue weighted by Crippen LogP contribution is -2.45. The number of benzene rings is 2. The van der Waals surface area contributed by atoms with Crippen LogP contribution in [0, 0.1) is 0 Å². The Hall–Kier alpha value is -3.63. The van der Waals surface area contributed by atoms with Crippen molar-refractivity contribution < 1.29 is 14.0 Å². The van der Waals surface area contributed by atoms with Crippen molar-refractivity contribution in [3.05, 3.63) is 77.5 Å². The molecule has 0 spiro atoms. The number of carbonyl (C=O) groups is 2. The highest BCUT2D eigenvalue weighted by Crippen LogP contribution is 2.32. The number of aromatic nitrogens is 4. The summed E-state index contributed by atoms with van der Waals surface area (Å²) in [7, 11) is 0. The molecule has 0 saturated carbocycles. The number of nitrogens with one attached hydrogen (secondary N) is 2. The number of thioether (sulfide) groups is 1. The van der Waals surface area contributed by atoms with Gasteiger partial charge in [0, 0.05) is 17.8 Å². The minimum absolute atomic E-state index is 0.129. The highest BCUT2D eigenvalue weighted by Gasteiger charge is 2.25. The van der Waals surface area contributed by atoms with E-state index in [4.69, 9.17) is 16.0 Å². The van der Waals surface area contributed by atoms with E-state index in [1.165, 1.54) is 18.0 Å². The minimum atomic E-state index is -0.567. The number of halogens is 1. The summed E-state index contributed by atoms with van der Waals surface area (Å²) < 4.78 is 7.46. The normalized spacial score (nSPS) is 15.8. The van der Waals surface area contributed by atoms with Gasteiger partial charge in [-0.05, 0) is 43.5 Å². The molecule has 0 radical (unpaired) electrons. The highest BCUT2D eigenvalue weighted by molar-refractivity contribution is 7.98. The molecule has 0 aliphatic carbocycles. The zero-order chi connectivity index (χ0) is 24.9. The quantitative estimate of drug-likeness (QED) is 0.348. The second kappa shape index (κ2) is 11.0. The van der Waals surface area contributed by atoms with E-state index in [2.05, 4.69) is 25.8 Å². The first-order chi connectivity index (χ1) is 17.6. The first-order valence-corrected chi connectivity index (χ1v) is 12.9. The summed E-state index contributed by atoms with van der Waals surface area (Å²) in [6.45, 7) is 0.627. The number of para-hydroxylation sites is 1. The summed E-state index contributed by atoms with van der Waals surface area (Å²) in [5.74, 6) is 0.686. The standard InChI is InChI=1S/C25H23ClN6O3S/c26-18-11-5-4-10-17(18)22-30-31-25(32(22)16-8-2-1-3-9-16)36-15-21-28-20(14-35-21)24(34)29-19-12-6-7-13-27-23(19)33/h1-5,8-11,14,19H,6-7,12-13,15H2,(H,27,33)(H,29,34). The Kier molecular flexibility index (Phi) is 7.33. The number of rotatable bonds is 7. The molecule has 2 N–H and O–H groups in total. The van der Waals surface area contributed by atoms with Gasteiger partial charge in [0.2, 0.25) is 11.8 Å². The number of hydrogen-bond donors (Lipinski definition) is 2. The van der Waals surface area contributed by atoms with Gasteiger partial charge in [-0.25, -0.2) is 4.98 Å². The first-order valence-electron chi connectivity index (χ1n) is 11.5. The fourth-order valence-electron chi connectivity index (χ4n) is 3.91. The summed E-state index contributed by atoms with van der Waals surface area (Å²) in [5, 5.41) is 15.5. The Labute approximate surface area is 216 Å². The molecule has 2 amide bonds. The van der Waals surface area contributed by atoms with Crippen LogP contribution in [0.4, 0.5) is 0 Å². The minimum Gasteiger partial charge on any atom is -0.447 e. The van der Waals surface area contributed by atoms with Crippen LogP contribution in [0.5, 0.6) is 0 Å². The largest absolute Gasteiger partial charge is 0.447 e. The van der Waals surface area contributed by atoms with Crippen LogP contribution in [0.25, 0.3) is 17.1 Å². The predicted octanol–water partition coefficient (Wildman–Crippen LogP) is 4.27. The van der Waals surface area contributed by atoms with Crippen molar-refractivity contribution >= 4 is 35.2 Å². The van der Waals surface area contributed by atoms with E-state index in [-0.39, 0.29) is 11.6 Å². The van der Waals surface area contributed by atoms with Gasteiger partial charge in [-0.2, -0.15) is 0 Å². The van der Waals surface area contributed by atoms with Gasteiger partial charge in [-0.3, -0.25) is 14.2 Å². The van der Waals surface area contributed by atoms with Gasteiger partial charge >= 0.3 is 0 Å². The van der Waals surface area contributed by atoms with Gasteiger partial charge in [0.25, 0.3) is 5.91 Å². The lowest BCUT2D eigenvalue weighted by Gasteiger charge is -2.13. The van der Waals surface area contributed by atoms with Crippen LogP contribution in [0.2, 0.25) is 5.02 Å². The van der Waals surface area contributed by atoms with Crippen molar-refractivity contribution in [3.63, 3.8) is 0 Å². The number of oxazole rings is 1. The molecular formula is C25H23ClN6O3S. The van der Waals surface area contributed by atoms with Gasteiger partial charge in [0.05, 0.1) is 10.8 Å². The van der Waals surface area contributed by atoms with Crippen LogP contribution in [0.1, 0.15) is 35.6 Å². The Balaban J connectivity index is 1.33. The van der Waals surface area contributed by atoms with Crippen molar-refractivity contribution in [3.8, 4) is 17.1 Å². The smallest absolute Gasteiger partial charge is 0.273 e. The topological polar surface area (TPSA) is 115 Å². The predicted molar refractivity (Wildman–Crippen MR) is 136 cm³/mol. The van der Waals surface area contributed by atoms with Crippen molar-refractivity contribution in [2.24, 2.45) is 0 Å². The molecule has 2 aromatic carbocycles. The maximum Gasteiger partial charge on any atom is 0.273 e. The van der Waals surface area contributed by atoms with Crippen LogP contribution in [0.3, 0.4) is 0 Å². The highest BCUT2D eigenvalue weighted by atomic mass is 35.5. The average molecular weight is 523 g/mol. The SMILES string of the molecule is O=C(NC1CCCCNC1=O)c1coc(CSc2nnc(-c3ccccc3Cl)n2-c2ccccc2)n1. The van der Waals surface area contributed by atoms with Crippen molar-refractivity contribution in [2.45, 2.75) is 36.2 Å². The summed E-state index contributed by atoms with van der Waals surface area (Å²) in [4.78, 5) is 29.1. The monoisotopic (exact) mass is 522 g/mol. The maximum absolute atomic E-state index is 12.6. The molecular weight excluding hydrogens is 500 g/mol. The van der Waals surface area contributed by atoms with Crippen molar-refractivity contribution in [1.82, 2.24) is 30.4 Å². The van der Waals surface area contributed by atoms with Crippen LogP contribution in [-0.4, -0.2) is 44.1 Å². The van der Waals surface area contributed by atoms with Crippen LogP contribution in [0.15, 0.2) is 70.4 Å². The summed E-state index contributed by atoms with van der Waals surface area (Å²) in [6.07, 6.45) is 3.66. The van der Waals surface area contributed by atoms with Gasteiger partial charge in [0.1, 0.15) is 12.3 Å². The second-order valence-electron chi connectivity index (χ2n) is 8.19. The molecule has 1 aliphatic heterocycles. The molecule has 1 saturated heterocycles. The molecule has 1 atom stereocenters. The molecule has 2 aromatic heterocycles. The second-order valence-corrected chi connectivity index (χ2v) is 9.53. The number of amides is 2. The molecule has 1 fully saturated rings. The third kappa shape index (κ3) is 5.29. The first kappa shape index (κ1) is 24.1. The van der Waals surface area contributed by atoms with E-state index in [1.807, 2.05) is 59.2 Å². The number of hydrogen-bond acceptors (Lipinski definition) is 7. The van der Waals surface area contributed by atoms with Crippen molar-refractivity contribution in [1.29, 1.82) is 0 Å². The van der Waals surface area contributed by atoms with E-state index in [9.17, 15) is 9.59 Å². The van der Waals surface area contributed by atoms with E-state index < -0.39 is 11.9 Å². The molecule has 3 heterocycles. The summed E-state index contributed by atoms with van der Waals surface area (Å²) >= 11 is 7.82. The molecule has 5 rings (SSSR count). The molecule has 1 aliphatic rings. The Morgan fingerprint density at radius 3 is 2.78 bits per heavy atom. The fraction of sp³-hybridized carbons (Fsp3) is 0.240. The molecule has 11 heteroatoms. The van der Waals surface area contributed by atoms with Gasteiger partial charge in [0.15, 0.2) is 16.7 Å². The fourth-order valence-corrected chi connectivity index (χ4v) is 4.93. The van der Waals surface area contributed by atoms with Crippen LogP contribution < -0.4 is 10.6 Å². The van der Waals surface area contributed by atoms with E-state index in [0.29, 0.717) is 40.6 Å². The average Bonchev–Trinajstić information content (AvgIpc) is 3.49. The lowest BCUT2D eigenvalue weighted by molar-refractivity contribution is -0.122. The van der Waals surface area contributed by atoms with Gasteiger partial charge in [-0.1, -0.05) is 53.7 Å².